The van der Waals surface area contributed by atoms with E-state index in [1.54, 1.807) is 0 Å². The van der Waals surface area contributed by atoms with Crippen LogP contribution in [0.1, 0.15) is 16.1 Å². The smallest absolute Gasteiger partial charge is 0.298 e. The maximum atomic E-state index is 12.3. The van der Waals surface area contributed by atoms with Crippen LogP contribution in [0.25, 0.3) is 5.95 Å². The summed E-state index contributed by atoms with van der Waals surface area (Å²) in [6.07, 6.45) is 0.187. The molecule has 17 heavy (non-hydrogen) atoms. The zero-order valence-electron chi connectivity index (χ0n) is 8.22. The van der Waals surface area contributed by atoms with Crippen LogP contribution in [-0.2, 0) is 6.18 Å². The molecule has 88 valence electrons. The number of aldehydes is 1. The van der Waals surface area contributed by atoms with Gasteiger partial charge in [0, 0.05) is 18.6 Å². The fourth-order valence-electron chi connectivity index (χ4n) is 1.10. The predicted molar refractivity (Wildman–Crippen MR) is 49.5 cm³/mol. The van der Waals surface area contributed by atoms with Gasteiger partial charge in [-0.15, -0.1) is 0 Å². The van der Waals surface area contributed by atoms with Gasteiger partial charge in [0.25, 0.3) is 0 Å². The largest absolute Gasteiger partial charge is 0.434 e. The van der Waals surface area contributed by atoms with Crippen LogP contribution in [0.4, 0.5) is 13.2 Å². The van der Waals surface area contributed by atoms with Gasteiger partial charge < -0.3 is 0 Å². The highest BCUT2D eigenvalue weighted by Crippen LogP contribution is 2.27. The summed E-state index contributed by atoms with van der Waals surface area (Å²) >= 11 is 0. The van der Waals surface area contributed by atoms with Gasteiger partial charge in [0.1, 0.15) is 6.33 Å². The molecule has 0 aliphatic rings. The molecule has 2 heterocycles. The van der Waals surface area contributed by atoms with Crippen LogP contribution < -0.4 is 0 Å². The zero-order chi connectivity index (χ0) is 12.5. The fraction of sp³-hybridized carbons (Fsp3) is 0.111. The molecule has 0 unspecified atom stereocenters. The summed E-state index contributed by atoms with van der Waals surface area (Å²) < 4.78 is 37.8. The van der Waals surface area contributed by atoms with Crippen molar-refractivity contribution in [2.24, 2.45) is 0 Å². The lowest BCUT2D eigenvalue weighted by Crippen LogP contribution is -2.05. The van der Waals surface area contributed by atoms with E-state index in [9.17, 15) is 18.0 Å². The van der Waals surface area contributed by atoms with Gasteiger partial charge in [-0.25, -0.2) is 15.0 Å². The number of hydrogen-bond donors (Lipinski definition) is 0. The summed E-state index contributed by atoms with van der Waals surface area (Å²) in [5.74, 6) is 0.0126. The number of imidazole rings is 1. The SMILES string of the molecule is O=Cc1cnc(-n2cnc(C(F)(F)F)c2)nc1. The highest BCUT2D eigenvalue weighted by atomic mass is 19.4. The Morgan fingerprint density at radius 1 is 1.18 bits per heavy atom. The normalized spacial score (nSPS) is 11.5. The molecule has 0 spiro atoms. The molecule has 8 heteroatoms. The average molecular weight is 242 g/mol. The molecule has 2 rings (SSSR count). The quantitative estimate of drug-likeness (QED) is 0.748. The van der Waals surface area contributed by atoms with E-state index >= 15 is 0 Å². The number of rotatable bonds is 2. The Balaban J connectivity index is 2.33. The Morgan fingerprint density at radius 3 is 2.29 bits per heavy atom. The summed E-state index contributed by atoms with van der Waals surface area (Å²) in [5, 5.41) is 0. The summed E-state index contributed by atoms with van der Waals surface area (Å²) in [7, 11) is 0. The second-order valence-corrected chi connectivity index (χ2v) is 3.10. The molecule has 0 N–H and O–H groups in total. The Labute approximate surface area is 93.0 Å². The van der Waals surface area contributed by atoms with E-state index in [-0.39, 0.29) is 11.5 Å². The fourth-order valence-corrected chi connectivity index (χ4v) is 1.10. The first-order chi connectivity index (χ1) is 8.00. The van der Waals surface area contributed by atoms with E-state index in [4.69, 9.17) is 0 Å². The average Bonchev–Trinajstić information content (AvgIpc) is 2.78. The van der Waals surface area contributed by atoms with Crippen LogP contribution in [0.15, 0.2) is 24.9 Å². The van der Waals surface area contributed by atoms with Crippen molar-refractivity contribution < 1.29 is 18.0 Å². The molecule has 0 saturated carbocycles. The lowest BCUT2D eigenvalue weighted by atomic mass is 10.4. The van der Waals surface area contributed by atoms with Crippen molar-refractivity contribution in [3.8, 4) is 5.95 Å². The number of carbonyl (C=O) groups is 1. The molecule has 0 atom stereocenters. The van der Waals surface area contributed by atoms with Crippen molar-refractivity contribution >= 4 is 6.29 Å². The Kier molecular flexibility index (Phi) is 2.62. The number of carbonyl (C=O) groups excluding carboxylic acids is 1. The number of halogens is 3. The summed E-state index contributed by atoms with van der Waals surface area (Å²) in [6.45, 7) is 0. The summed E-state index contributed by atoms with van der Waals surface area (Å²) in [4.78, 5) is 21.0. The third-order valence-corrected chi connectivity index (χ3v) is 1.90. The Morgan fingerprint density at radius 2 is 1.82 bits per heavy atom. The van der Waals surface area contributed by atoms with E-state index in [2.05, 4.69) is 15.0 Å². The Hall–Kier alpha value is -2.25. The molecule has 0 aromatic carbocycles. The molecule has 0 aliphatic heterocycles. The molecule has 0 bridgehead atoms. The van der Waals surface area contributed by atoms with Crippen LogP contribution >= 0.6 is 0 Å². The molecule has 0 fully saturated rings. The van der Waals surface area contributed by atoms with Gasteiger partial charge in [0.15, 0.2) is 12.0 Å². The molecule has 0 amide bonds. The van der Waals surface area contributed by atoms with Gasteiger partial charge in [-0.2, -0.15) is 13.2 Å². The number of hydrogen-bond acceptors (Lipinski definition) is 4. The minimum absolute atomic E-state index is 0.0126. The molecule has 0 saturated heterocycles. The number of alkyl halides is 3. The summed E-state index contributed by atoms with van der Waals surface area (Å²) in [6, 6.07) is 0. The van der Waals surface area contributed by atoms with Crippen LogP contribution in [0, 0.1) is 0 Å². The first-order valence-electron chi connectivity index (χ1n) is 4.39. The first-order valence-corrected chi connectivity index (χ1v) is 4.39. The van der Waals surface area contributed by atoms with Crippen molar-refractivity contribution in [1.29, 1.82) is 0 Å². The van der Waals surface area contributed by atoms with E-state index in [1.165, 1.54) is 12.4 Å². The van der Waals surface area contributed by atoms with Gasteiger partial charge >= 0.3 is 6.18 Å². The second-order valence-electron chi connectivity index (χ2n) is 3.10. The van der Waals surface area contributed by atoms with Crippen molar-refractivity contribution in [1.82, 2.24) is 19.5 Å². The molecule has 5 nitrogen and oxygen atoms in total. The van der Waals surface area contributed by atoms with E-state index in [0.29, 0.717) is 6.29 Å². The van der Waals surface area contributed by atoms with Crippen molar-refractivity contribution in [3.63, 3.8) is 0 Å². The first kappa shape index (κ1) is 11.2. The standard InChI is InChI=1S/C9H5F3N4O/c10-9(11,12)7-3-16(5-15-7)8-13-1-6(4-17)2-14-8/h1-5H. The number of aromatic nitrogens is 4. The van der Waals surface area contributed by atoms with Crippen LogP contribution in [0.5, 0.6) is 0 Å². The topological polar surface area (TPSA) is 60.7 Å². The minimum Gasteiger partial charge on any atom is -0.298 e. The lowest BCUT2D eigenvalue weighted by molar-refractivity contribution is -0.140. The van der Waals surface area contributed by atoms with Gasteiger partial charge in [-0.1, -0.05) is 0 Å². The van der Waals surface area contributed by atoms with Crippen LogP contribution in [0.3, 0.4) is 0 Å². The molecule has 0 aliphatic carbocycles. The maximum Gasteiger partial charge on any atom is 0.434 e. The summed E-state index contributed by atoms with van der Waals surface area (Å²) in [5.41, 5.74) is -0.787. The molecule has 0 radical (unpaired) electrons. The number of nitrogens with zero attached hydrogens (tertiary/aromatic N) is 4. The minimum atomic E-state index is -4.51. The van der Waals surface area contributed by atoms with Gasteiger partial charge in [0.05, 0.1) is 5.56 Å². The zero-order valence-corrected chi connectivity index (χ0v) is 8.22. The van der Waals surface area contributed by atoms with Crippen molar-refractivity contribution in [3.05, 3.63) is 36.2 Å². The molecule has 2 aromatic rings. The van der Waals surface area contributed by atoms with Crippen LogP contribution in [0.2, 0.25) is 0 Å². The highest BCUT2D eigenvalue weighted by molar-refractivity contribution is 5.73. The van der Waals surface area contributed by atoms with E-state index in [0.717, 1.165) is 17.1 Å². The third kappa shape index (κ3) is 2.30. The monoisotopic (exact) mass is 242 g/mol. The molecular weight excluding hydrogens is 237 g/mol. The highest BCUT2D eigenvalue weighted by Gasteiger charge is 2.33. The predicted octanol–water partition coefficient (Wildman–Crippen LogP) is 1.49. The van der Waals surface area contributed by atoms with Crippen LogP contribution in [-0.4, -0.2) is 25.8 Å². The second kappa shape index (κ2) is 3.96. The van der Waals surface area contributed by atoms with Crippen molar-refractivity contribution in [2.45, 2.75) is 6.18 Å². The Bertz CT molecular complexity index is 532. The van der Waals surface area contributed by atoms with E-state index in [1.807, 2.05) is 0 Å². The van der Waals surface area contributed by atoms with Crippen molar-refractivity contribution in [2.75, 3.05) is 0 Å². The van der Waals surface area contributed by atoms with Gasteiger partial charge in [0.2, 0.25) is 5.95 Å². The molecular formula is C9H5F3N4O. The lowest BCUT2D eigenvalue weighted by Gasteiger charge is -2.00. The maximum absolute atomic E-state index is 12.3. The van der Waals surface area contributed by atoms with Gasteiger partial charge in [-0.3, -0.25) is 9.36 Å². The third-order valence-electron chi connectivity index (χ3n) is 1.90. The molecule has 2 aromatic heterocycles. The van der Waals surface area contributed by atoms with Gasteiger partial charge in [-0.05, 0) is 0 Å². The van der Waals surface area contributed by atoms with E-state index < -0.39 is 11.9 Å².